The lowest BCUT2D eigenvalue weighted by Crippen LogP contribution is -2.39. The normalized spacial score (nSPS) is 20.3. The number of phenols is 1. The minimum atomic E-state index is 0.247. The molecule has 0 spiro atoms. The first-order valence-electron chi connectivity index (χ1n) is 7.47. The molecule has 3 heteroatoms. The number of methoxy groups -OCH3 is 1. The van der Waals surface area contributed by atoms with E-state index in [2.05, 4.69) is 29.2 Å². The molecule has 2 aliphatic rings. The van der Waals surface area contributed by atoms with Gasteiger partial charge in [0.15, 0.2) is 11.5 Å². The van der Waals surface area contributed by atoms with Crippen molar-refractivity contribution in [3.05, 3.63) is 58.7 Å². The van der Waals surface area contributed by atoms with Crippen LogP contribution in [0.2, 0.25) is 0 Å². The zero-order chi connectivity index (χ0) is 14.4. The van der Waals surface area contributed by atoms with E-state index in [1.165, 1.54) is 22.3 Å². The Morgan fingerprint density at radius 1 is 1.14 bits per heavy atom. The van der Waals surface area contributed by atoms with E-state index in [1.54, 1.807) is 7.11 Å². The van der Waals surface area contributed by atoms with Crippen LogP contribution in [-0.2, 0) is 19.4 Å². The number of aromatic hydroxyl groups is 1. The Bertz CT molecular complexity index is 696. The van der Waals surface area contributed by atoms with E-state index < -0.39 is 0 Å². The molecular weight excluding hydrogens is 262 g/mol. The van der Waals surface area contributed by atoms with Crippen LogP contribution in [0.5, 0.6) is 11.5 Å². The monoisotopic (exact) mass is 281 g/mol. The molecule has 2 aliphatic heterocycles. The van der Waals surface area contributed by atoms with Gasteiger partial charge in [-0.25, -0.2) is 0 Å². The molecule has 1 atom stereocenters. The fourth-order valence-corrected chi connectivity index (χ4v) is 3.70. The average Bonchev–Trinajstić information content (AvgIpc) is 2.52. The summed E-state index contributed by atoms with van der Waals surface area (Å²) < 4.78 is 5.24. The van der Waals surface area contributed by atoms with Gasteiger partial charge in [0, 0.05) is 19.1 Å². The highest BCUT2D eigenvalue weighted by Crippen LogP contribution is 2.41. The number of phenolic OH excluding ortho intramolecular Hbond substituents is 1. The summed E-state index contributed by atoms with van der Waals surface area (Å²) in [6.45, 7) is 2.08. The Morgan fingerprint density at radius 3 is 2.76 bits per heavy atom. The average molecular weight is 281 g/mol. The molecule has 0 aliphatic carbocycles. The summed E-state index contributed by atoms with van der Waals surface area (Å²) in [5.74, 6) is 0.829. The van der Waals surface area contributed by atoms with Crippen LogP contribution in [0, 0.1) is 0 Å². The maximum Gasteiger partial charge on any atom is 0.160 e. The summed E-state index contributed by atoms with van der Waals surface area (Å²) in [5.41, 5.74) is 5.44. The van der Waals surface area contributed by atoms with Gasteiger partial charge in [0.2, 0.25) is 0 Å². The van der Waals surface area contributed by atoms with Crippen molar-refractivity contribution in [1.29, 1.82) is 0 Å². The van der Waals surface area contributed by atoms with Gasteiger partial charge in [-0.3, -0.25) is 4.90 Å². The van der Waals surface area contributed by atoms with Crippen LogP contribution < -0.4 is 4.74 Å². The van der Waals surface area contributed by atoms with E-state index in [4.69, 9.17) is 4.74 Å². The lowest BCUT2D eigenvalue weighted by atomic mass is 9.84. The Balaban J connectivity index is 1.77. The molecule has 0 bridgehead atoms. The lowest BCUT2D eigenvalue weighted by Gasteiger charge is -2.41. The third kappa shape index (κ3) is 2.00. The highest BCUT2D eigenvalue weighted by atomic mass is 16.5. The van der Waals surface area contributed by atoms with Gasteiger partial charge >= 0.3 is 0 Å². The van der Waals surface area contributed by atoms with Gasteiger partial charge in [0.05, 0.1) is 7.11 Å². The summed E-state index contributed by atoms with van der Waals surface area (Å²) in [6.07, 6.45) is 2.04. The summed E-state index contributed by atoms with van der Waals surface area (Å²) in [4.78, 5) is 2.52. The Morgan fingerprint density at radius 2 is 1.95 bits per heavy atom. The second kappa shape index (κ2) is 4.78. The van der Waals surface area contributed by atoms with Crippen LogP contribution in [0.3, 0.4) is 0 Å². The number of rotatable bonds is 1. The smallest absolute Gasteiger partial charge is 0.160 e. The largest absolute Gasteiger partial charge is 0.504 e. The number of fused-ring (bicyclic) bond motifs is 4. The molecular formula is C18H19NO2. The van der Waals surface area contributed by atoms with Crippen molar-refractivity contribution in [2.45, 2.75) is 25.4 Å². The fraction of sp³-hybridized carbons (Fsp3) is 0.333. The Hall–Kier alpha value is -2.00. The first-order valence-corrected chi connectivity index (χ1v) is 7.47. The second-order valence-electron chi connectivity index (χ2n) is 5.93. The van der Waals surface area contributed by atoms with Crippen LogP contribution in [0.15, 0.2) is 36.4 Å². The molecule has 0 saturated carbocycles. The maximum atomic E-state index is 10.1. The minimum absolute atomic E-state index is 0.247. The van der Waals surface area contributed by atoms with E-state index in [0.29, 0.717) is 11.8 Å². The maximum absolute atomic E-state index is 10.1. The lowest BCUT2D eigenvalue weighted by molar-refractivity contribution is 0.160. The molecule has 1 unspecified atom stereocenters. The van der Waals surface area contributed by atoms with E-state index in [-0.39, 0.29) is 5.75 Å². The molecule has 0 saturated heterocycles. The van der Waals surface area contributed by atoms with Gasteiger partial charge in [0.25, 0.3) is 0 Å². The topological polar surface area (TPSA) is 32.7 Å². The highest BCUT2D eigenvalue weighted by molar-refractivity contribution is 5.49. The number of ether oxygens (including phenoxy) is 1. The van der Waals surface area contributed by atoms with Gasteiger partial charge in [-0.05, 0) is 47.2 Å². The third-order valence-electron chi connectivity index (χ3n) is 4.81. The van der Waals surface area contributed by atoms with Crippen LogP contribution in [0.25, 0.3) is 0 Å². The van der Waals surface area contributed by atoms with E-state index in [9.17, 15) is 5.11 Å². The highest BCUT2D eigenvalue weighted by Gasteiger charge is 2.32. The molecule has 108 valence electrons. The SMILES string of the molecule is COc1cc2c(cc1O)C1Cc3ccccc3CN1CC2. The quantitative estimate of drug-likeness (QED) is 0.872. The van der Waals surface area contributed by atoms with Gasteiger partial charge in [-0.2, -0.15) is 0 Å². The van der Waals surface area contributed by atoms with Crippen molar-refractivity contribution in [3.63, 3.8) is 0 Å². The molecule has 2 heterocycles. The number of hydrogen-bond donors (Lipinski definition) is 1. The Labute approximate surface area is 124 Å². The van der Waals surface area contributed by atoms with Crippen molar-refractivity contribution < 1.29 is 9.84 Å². The summed E-state index contributed by atoms with van der Waals surface area (Å²) in [6, 6.07) is 13.0. The Kier molecular flexibility index (Phi) is 2.89. The number of nitrogens with zero attached hydrogens (tertiary/aromatic N) is 1. The molecule has 0 aromatic heterocycles. The van der Waals surface area contributed by atoms with Crippen LogP contribution in [0.4, 0.5) is 0 Å². The van der Waals surface area contributed by atoms with E-state index in [0.717, 1.165) is 25.9 Å². The van der Waals surface area contributed by atoms with Crippen molar-refractivity contribution >= 4 is 0 Å². The molecule has 2 aromatic rings. The number of benzene rings is 2. The van der Waals surface area contributed by atoms with E-state index >= 15 is 0 Å². The predicted molar refractivity (Wildman–Crippen MR) is 81.7 cm³/mol. The number of hydrogen-bond acceptors (Lipinski definition) is 3. The zero-order valence-corrected chi connectivity index (χ0v) is 12.2. The van der Waals surface area contributed by atoms with Gasteiger partial charge < -0.3 is 9.84 Å². The van der Waals surface area contributed by atoms with Crippen molar-refractivity contribution in [1.82, 2.24) is 4.90 Å². The van der Waals surface area contributed by atoms with Gasteiger partial charge in [-0.1, -0.05) is 24.3 Å². The molecule has 0 fully saturated rings. The standard InChI is InChI=1S/C18H19NO2/c1-21-18-9-13-6-7-19-11-14-5-3-2-4-12(14)8-16(19)15(13)10-17(18)20/h2-5,9-10,16,20H,6-8,11H2,1H3. The summed E-state index contributed by atoms with van der Waals surface area (Å²) in [7, 11) is 1.60. The van der Waals surface area contributed by atoms with Crippen molar-refractivity contribution in [2.75, 3.05) is 13.7 Å². The molecule has 21 heavy (non-hydrogen) atoms. The molecule has 4 rings (SSSR count). The first-order chi connectivity index (χ1) is 10.3. The summed E-state index contributed by atoms with van der Waals surface area (Å²) in [5, 5.41) is 10.1. The fourth-order valence-electron chi connectivity index (χ4n) is 3.70. The van der Waals surface area contributed by atoms with E-state index in [1.807, 2.05) is 12.1 Å². The minimum Gasteiger partial charge on any atom is -0.504 e. The molecule has 3 nitrogen and oxygen atoms in total. The predicted octanol–water partition coefficient (Wildman–Crippen LogP) is 3.06. The van der Waals surface area contributed by atoms with Crippen LogP contribution in [0.1, 0.15) is 28.3 Å². The molecule has 1 N–H and O–H groups in total. The van der Waals surface area contributed by atoms with Crippen LogP contribution >= 0.6 is 0 Å². The first kappa shape index (κ1) is 12.7. The van der Waals surface area contributed by atoms with Crippen LogP contribution in [-0.4, -0.2) is 23.7 Å². The third-order valence-corrected chi connectivity index (χ3v) is 4.81. The van der Waals surface area contributed by atoms with Gasteiger partial charge in [0.1, 0.15) is 0 Å². The molecule has 0 amide bonds. The second-order valence-corrected chi connectivity index (χ2v) is 5.93. The van der Waals surface area contributed by atoms with Gasteiger partial charge in [-0.15, -0.1) is 0 Å². The summed E-state index contributed by atoms with van der Waals surface area (Å²) >= 11 is 0. The van der Waals surface area contributed by atoms with Crippen molar-refractivity contribution in [2.24, 2.45) is 0 Å². The molecule has 2 aromatic carbocycles. The zero-order valence-electron chi connectivity index (χ0n) is 12.2. The molecule has 0 radical (unpaired) electrons. The van der Waals surface area contributed by atoms with Crippen molar-refractivity contribution in [3.8, 4) is 11.5 Å².